The van der Waals surface area contributed by atoms with Gasteiger partial charge in [-0.3, -0.25) is 15.5 Å². The molecule has 3 N–H and O–H groups in total. The van der Waals surface area contributed by atoms with E-state index in [1.807, 2.05) is 0 Å². The number of hydrogen-bond acceptors (Lipinski definition) is 6. The number of hydrogen-bond donors (Lipinski definition) is 3. The molecule has 1 aliphatic rings. The van der Waals surface area contributed by atoms with Gasteiger partial charge < -0.3 is 5.32 Å². The summed E-state index contributed by atoms with van der Waals surface area (Å²) in [6.45, 7) is 0. The fraction of sp³-hybridized carbons (Fsp3) is 0.150. The van der Waals surface area contributed by atoms with E-state index < -0.39 is 21.9 Å². The number of aromatic amines is 1. The molecule has 0 aliphatic carbocycles. The number of sulfonamides is 1. The van der Waals surface area contributed by atoms with Gasteiger partial charge in [-0.05, 0) is 23.8 Å². The third kappa shape index (κ3) is 3.33. The Balaban J connectivity index is 1.61. The number of pyridine rings is 1. The van der Waals surface area contributed by atoms with E-state index in [4.69, 9.17) is 17.0 Å². The van der Waals surface area contributed by atoms with Crippen LogP contribution in [0.3, 0.4) is 0 Å². The summed E-state index contributed by atoms with van der Waals surface area (Å²) in [6, 6.07) is 5.89. The predicted octanol–water partition coefficient (Wildman–Crippen LogP) is 3.99. The van der Waals surface area contributed by atoms with Gasteiger partial charge in [0.25, 0.3) is 0 Å². The number of nitrogens with one attached hydrogen (secondary N) is 3. The molecule has 8 nitrogen and oxygen atoms in total. The summed E-state index contributed by atoms with van der Waals surface area (Å²) >= 11 is 7.87. The Morgan fingerprint density at radius 3 is 2.81 bits per heavy atom. The van der Waals surface area contributed by atoms with Crippen molar-refractivity contribution >= 4 is 49.0 Å². The number of H-pyrrole nitrogens is 1. The lowest BCUT2D eigenvalue weighted by molar-refractivity contribution is 0.508. The lowest BCUT2D eigenvalue weighted by atomic mass is 10.0. The minimum atomic E-state index is -3.65. The molecule has 3 aromatic heterocycles. The molecule has 1 unspecified atom stereocenters. The minimum absolute atomic E-state index is 0.228. The lowest BCUT2D eigenvalue weighted by Crippen LogP contribution is -2.51. The van der Waals surface area contributed by atoms with Crippen molar-refractivity contribution in [2.45, 2.75) is 6.04 Å². The zero-order valence-corrected chi connectivity index (χ0v) is 18.9. The number of nitrogens with zero attached hydrogens (tertiary/aromatic N) is 3. The molecule has 12 heteroatoms. The van der Waals surface area contributed by atoms with Gasteiger partial charge in [0, 0.05) is 40.8 Å². The van der Waals surface area contributed by atoms with Crippen LogP contribution >= 0.6 is 22.9 Å². The number of thiophene rings is 1. The van der Waals surface area contributed by atoms with Crippen molar-refractivity contribution in [3.05, 3.63) is 58.6 Å². The molecular formula is C20H16ClFN6O2S2. The topological polar surface area (TPSA) is 115 Å². The maximum Gasteiger partial charge on any atom is 0.239 e. The molecule has 0 saturated carbocycles. The Kier molecular flexibility index (Phi) is 4.91. The molecule has 1 aromatic carbocycles. The van der Waals surface area contributed by atoms with Crippen LogP contribution in [-0.4, -0.2) is 46.7 Å². The summed E-state index contributed by atoms with van der Waals surface area (Å²) < 4.78 is 41.4. The molecule has 0 spiro atoms. The number of rotatable bonds is 3. The van der Waals surface area contributed by atoms with Crippen LogP contribution in [0.4, 0.5) is 4.39 Å². The molecule has 1 fully saturated rings. The van der Waals surface area contributed by atoms with E-state index in [2.05, 4.69) is 20.5 Å². The fourth-order valence-electron chi connectivity index (χ4n) is 3.62. The van der Waals surface area contributed by atoms with Crippen molar-refractivity contribution in [3.63, 3.8) is 0 Å². The third-order valence-electron chi connectivity index (χ3n) is 5.36. The molecule has 4 aromatic rings. The molecule has 164 valence electrons. The summed E-state index contributed by atoms with van der Waals surface area (Å²) in [5.41, 5.74) is 2.17. The average Bonchev–Trinajstić information content (AvgIpc) is 3.40. The van der Waals surface area contributed by atoms with Crippen LogP contribution in [0.5, 0.6) is 0 Å². The second-order valence-corrected chi connectivity index (χ2v) is 10.8. The molecule has 0 radical (unpaired) electrons. The highest BCUT2D eigenvalue weighted by molar-refractivity contribution is 7.89. The second kappa shape index (κ2) is 7.54. The van der Waals surface area contributed by atoms with Crippen LogP contribution in [0.2, 0.25) is 5.02 Å². The predicted molar refractivity (Wildman–Crippen MR) is 123 cm³/mol. The van der Waals surface area contributed by atoms with E-state index in [1.165, 1.54) is 24.5 Å². The molecule has 1 aliphatic heterocycles. The van der Waals surface area contributed by atoms with E-state index in [1.54, 1.807) is 36.8 Å². The summed E-state index contributed by atoms with van der Waals surface area (Å²) in [4.78, 5) is 4.95. The lowest BCUT2D eigenvalue weighted by Gasteiger charge is -2.31. The van der Waals surface area contributed by atoms with Gasteiger partial charge in [-0.15, -0.1) is 11.3 Å². The van der Waals surface area contributed by atoms with Crippen molar-refractivity contribution in [3.8, 4) is 22.4 Å². The Labute approximate surface area is 191 Å². The van der Waals surface area contributed by atoms with Gasteiger partial charge in [-0.2, -0.15) is 5.10 Å². The number of fused-ring (bicyclic) bond motifs is 1. The first-order chi connectivity index (χ1) is 15.3. The van der Waals surface area contributed by atoms with Gasteiger partial charge in [-0.25, -0.2) is 17.1 Å². The summed E-state index contributed by atoms with van der Waals surface area (Å²) in [5.74, 6) is -0.917. The maximum absolute atomic E-state index is 15.1. The van der Waals surface area contributed by atoms with E-state index in [0.717, 1.165) is 9.87 Å². The average molecular weight is 491 g/mol. The summed E-state index contributed by atoms with van der Waals surface area (Å²) in [5, 5.41) is 18.4. The monoisotopic (exact) mass is 490 g/mol. The van der Waals surface area contributed by atoms with E-state index in [-0.39, 0.29) is 11.7 Å². The number of halogens is 2. The van der Waals surface area contributed by atoms with Crippen molar-refractivity contribution in [2.24, 2.45) is 0 Å². The second-order valence-electron chi connectivity index (χ2n) is 7.29. The maximum atomic E-state index is 15.1. The van der Waals surface area contributed by atoms with Crippen LogP contribution in [-0.2, 0) is 10.0 Å². The molecule has 4 heterocycles. The van der Waals surface area contributed by atoms with Crippen molar-refractivity contribution in [1.82, 2.24) is 24.8 Å². The summed E-state index contributed by atoms with van der Waals surface area (Å²) in [6.07, 6.45) is 4.84. The number of benzene rings is 1. The van der Waals surface area contributed by atoms with Crippen LogP contribution in [0, 0.1) is 11.2 Å². The van der Waals surface area contributed by atoms with Gasteiger partial charge >= 0.3 is 0 Å². The highest BCUT2D eigenvalue weighted by atomic mass is 35.5. The van der Waals surface area contributed by atoms with Crippen LogP contribution in [0.1, 0.15) is 10.9 Å². The zero-order chi connectivity index (χ0) is 22.6. The van der Waals surface area contributed by atoms with Crippen LogP contribution in [0.15, 0.2) is 42.9 Å². The smallest absolute Gasteiger partial charge is 0.239 e. The Morgan fingerprint density at radius 1 is 1.31 bits per heavy atom. The highest BCUT2D eigenvalue weighted by Crippen LogP contribution is 2.44. The van der Waals surface area contributed by atoms with Gasteiger partial charge in [0.15, 0.2) is 0 Å². The van der Waals surface area contributed by atoms with E-state index in [0.29, 0.717) is 36.8 Å². The van der Waals surface area contributed by atoms with E-state index in [9.17, 15) is 8.42 Å². The number of guanidine groups is 1. The molecule has 32 heavy (non-hydrogen) atoms. The Hall–Kier alpha value is -3.02. The Morgan fingerprint density at radius 2 is 2.12 bits per heavy atom. The van der Waals surface area contributed by atoms with E-state index >= 15 is 4.39 Å². The van der Waals surface area contributed by atoms with Crippen molar-refractivity contribution in [1.29, 1.82) is 5.41 Å². The number of aromatic nitrogens is 3. The first-order valence-electron chi connectivity index (χ1n) is 9.44. The Bertz CT molecular complexity index is 1470. The van der Waals surface area contributed by atoms with Crippen molar-refractivity contribution < 1.29 is 12.8 Å². The zero-order valence-electron chi connectivity index (χ0n) is 16.6. The fourth-order valence-corrected chi connectivity index (χ4v) is 6.66. The molecular weight excluding hydrogens is 475 g/mol. The molecule has 0 bridgehead atoms. The third-order valence-corrected chi connectivity index (χ3v) is 8.98. The van der Waals surface area contributed by atoms with Gasteiger partial charge in [0.1, 0.15) is 5.82 Å². The van der Waals surface area contributed by atoms with Crippen LogP contribution < -0.4 is 5.32 Å². The minimum Gasteiger partial charge on any atom is -0.347 e. The molecule has 1 atom stereocenters. The standard InChI is InChI=1S/C20H16ClFN6O2S2/c1-28-20(23)27-15(9-32(28,29)30)19-16(21)13-4-5-24-17(18(13)31-19)12-3-2-10(6-14(12)22)11-7-25-26-8-11/h2-8,15H,9H2,1H3,(H2,23,27)(H,25,26). The van der Waals surface area contributed by atoms with Crippen LogP contribution in [0.25, 0.3) is 32.5 Å². The molecule has 1 saturated heterocycles. The van der Waals surface area contributed by atoms with Gasteiger partial charge in [0.2, 0.25) is 16.0 Å². The van der Waals surface area contributed by atoms with Gasteiger partial charge in [0.05, 0.1) is 33.4 Å². The first kappa shape index (κ1) is 20.9. The summed E-state index contributed by atoms with van der Waals surface area (Å²) in [7, 11) is -2.32. The SMILES string of the molecule is CN1C(=N)NC(c2sc3c(-c4ccc(-c5cn[nH]c5)cc4F)nccc3c2Cl)CS1(=O)=O. The van der Waals surface area contributed by atoms with Gasteiger partial charge in [-0.1, -0.05) is 17.7 Å². The molecule has 5 rings (SSSR count). The first-order valence-corrected chi connectivity index (χ1v) is 12.2. The quantitative estimate of drug-likeness (QED) is 0.401. The largest absolute Gasteiger partial charge is 0.347 e. The highest BCUT2D eigenvalue weighted by Gasteiger charge is 2.35. The van der Waals surface area contributed by atoms with Crippen molar-refractivity contribution in [2.75, 3.05) is 12.8 Å². The molecule has 0 amide bonds. The normalized spacial score (nSPS) is 18.2.